The van der Waals surface area contributed by atoms with Crippen LogP contribution >= 0.6 is 0 Å². The standard InChI is InChI=1S/C13H12N4/c1-9-4-3-5-11(8-9)13-16-15-12-10(2)6-7-14-17(12)13/h3-8H,1-2H3. The second-order valence-electron chi connectivity index (χ2n) is 4.14. The van der Waals surface area contributed by atoms with Crippen LogP contribution in [-0.4, -0.2) is 19.8 Å². The van der Waals surface area contributed by atoms with Crippen LogP contribution in [0.15, 0.2) is 36.5 Å². The average molecular weight is 224 g/mol. The third-order valence-corrected chi connectivity index (χ3v) is 2.78. The molecule has 0 aliphatic carbocycles. The topological polar surface area (TPSA) is 43.1 Å². The highest BCUT2D eigenvalue weighted by Crippen LogP contribution is 2.19. The van der Waals surface area contributed by atoms with Gasteiger partial charge in [0, 0.05) is 11.8 Å². The molecule has 0 fully saturated rings. The zero-order chi connectivity index (χ0) is 11.8. The summed E-state index contributed by atoms with van der Waals surface area (Å²) in [5.74, 6) is 0.785. The van der Waals surface area contributed by atoms with Crippen molar-refractivity contribution in [2.75, 3.05) is 0 Å². The van der Waals surface area contributed by atoms with Crippen LogP contribution in [0, 0.1) is 13.8 Å². The lowest BCUT2D eigenvalue weighted by Gasteiger charge is -2.00. The highest BCUT2D eigenvalue weighted by atomic mass is 15.4. The molecule has 0 saturated heterocycles. The van der Waals surface area contributed by atoms with Crippen molar-refractivity contribution >= 4 is 5.65 Å². The smallest absolute Gasteiger partial charge is 0.185 e. The number of benzene rings is 1. The third kappa shape index (κ3) is 1.58. The van der Waals surface area contributed by atoms with E-state index in [2.05, 4.69) is 34.4 Å². The van der Waals surface area contributed by atoms with Crippen LogP contribution in [-0.2, 0) is 0 Å². The predicted octanol–water partition coefficient (Wildman–Crippen LogP) is 2.41. The van der Waals surface area contributed by atoms with Gasteiger partial charge in [-0.25, -0.2) is 0 Å². The molecular weight excluding hydrogens is 212 g/mol. The lowest BCUT2D eigenvalue weighted by atomic mass is 10.1. The van der Waals surface area contributed by atoms with E-state index in [-0.39, 0.29) is 0 Å². The third-order valence-electron chi connectivity index (χ3n) is 2.78. The Kier molecular flexibility index (Phi) is 2.14. The fourth-order valence-corrected chi connectivity index (χ4v) is 1.89. The maximum Gasteiger partial charge on any atom is 0.185 e. The van der Waals surface area contributed by atoms with Crippen LogP contribution in [0.1, 0.15) is 11.1 Å². The van der Waals surface area contributed by atoms with E-state index in [9.17, 15) is 0 Å². The van der Waals surface area contributed by atoms with Crippen LogP contribution in [0.3, 0.4) is 0 Å². The van der Waals surface area contributed by atoms with Gasteiger partial charge in [-0.15, -0.1) is 10.2 Å². The zero-order valence-corrected chi connectivity index (χ0v) is 9.75. The van der Waals surface area contributed by atoms with Crippen LogP contribution in [0.25, 0.3) is 17.0 Å². The molecule has 4 heteroatoms. The number of aromatic nitrogens is 4. The molecule has 3 rings (SSSR count). The minimum atomic E-state index is 0.785. The zero-order valence-electron chi connectivity index (χ0n) is 9.75. The molecule has 0 N–H and O–H groups in total. The molecule has 3 aromatic rings. The SMILES string of the molecule is Cc1cccc(-c2nnc3c(C)ccnn23)c1. The number of hydrogen-bond acceptors (Lipinski definition) is 3. The minimum Gasteiger partial charge on any atom is -0.193 e. The molecule has 0 saturated carbocycles. The second-order valence-corrected chi connectivity index (χ2v) is 4.14. The van der Waals surface area contributed by atoms with Crippen molar-refractivity contribution in [3.63, 3.8) is 0 Å². The fraction of sp³-hybridized carbons (Fsp3) is 0.154. The number of nitrogens with zero attached hydrogens (tertiary/aromatic N) is 4. The highest BCUT2D eigenvalue weighted by Gasteiger charge is 2.09. The fourth-order valence-electron chi connectivity index (χ4n) is 1.89. The molecule has 4 nitrogen and oxygen atoms in total. The molecule has 0 atom stereocenters. The summed E-state index contributed by atoms with van der Waals surface area (Å²) in [4.78, 5) is 0. The first-order chi connectivity index (χ1) is 8.25. The number of fused-ring (bicyclic) bond motifs is 1. The highest BCUT2D eigenvalue weighted by molar-refractivity contribution is 5.60. The van der Waals surface area contributed by atoms with Gasteiger partial charge in [0.15, 0.2) is 11.5 Å². The summed E-state index contributed by atoms with van der Waals surface area (Å²) >= 11 is 0. The van der Waals surface area contributed by atoms with E-state index in [4.69, 9.17) is 0 Å². The number of rotatable bonds is 1. The first-order valence-electron chi connectivity index (χ1n) is 5.50. The van der Waals surface area contributed by atoms with E-state index in [0.29, 0.717) is 0 Å². The van der Waals surface area contributed by atoms with Gasteiger partial charge in [-0.05, 0) is 31.5 Å². The number of aryl methyl sites for hydroxylation is 2. The van der Waals surface area contributed by atoms with Gasteiger partial charge >= 0.3 is 0 Å². The Morgan fingerprint density at radius 2 is 1.94 bits per heavy atom. The lowest BCUT2D eigenvalue weighted by molar-refractivity contribution is 0.928. The molecule has 2 aromatic heterocycles. The summed E-state index contributed by atoms with van der Waals surface area (Å²) in [6, 6.07) is 10.1. The van der Waals surface area contributed by atoms with Gasteiger partial charge in [-0.1, -0.05) is 23.8 Å². The Labute approximate surface area is 98.9 Å². The molecule has 0 unspecified atom stereocenters. The average Bonchev–Trinajstić information content (AvgIpc) is 2.74. The van der Waals surface area contributed by atoms with E-state index < -0.39 is 0 Å². The van der Waals surface area contributed by atoms with Gasteiger partial charge in [0.2, 0.25) is 0 Å². The van der Waals surface area contributed by atoms with E-state index >= 15 is 0 Å². The summed E-state index contributed by atoms with van der Waals surface area (Å²) in [5.41, 5.74) is 4.12. The second kappa shape index (κ2) is 3.66. The molecule has 0 spiro atoms. The van der Waals surface area contributed by atoms with Gasteiger partial charge in [0.05, 0.1) is 0 Å². The van der Waals surface area contributed by atoms with E-state index in [0.717, 1.165) is 22.6 Å². The molecule has 0 aliphatic rings. The summed E-state index contributed by atoms with van der Waals surface area (Å²) in [5, 5.41) is 12.7. The van der Waals surface area contributed by atoms with Crippen molar-refractivity contribution in [1.82, 2.24) is 19.8 Å². The summed E-state index contributed by atoms with van der Waals surface area (Å²) in [6.07, 6.45) is 1.77. The number of hydrogen-bond donors (Lipinski definition) is 0. The van der Waals surface area contributed by atoms with Gasteiger partial charge in [-0.2, -0.15) is 9.61 Å². The quantitative estimate of drug-likeness (QED) is 0.637. The van der Waals surface area contributed by atoms with Crippen LogP contribution in [0.2, 0.25) is 0 Å². The molecule has 0 amide bonds. The first kappa shape index (κ1) is 9.96. The maximum absolute atomic E-state index is 4.30. The monoisotopic (exact) mass is 224 g/mol. The molecule has 2 heterocycles. The molecular formula is C13H12N4. The predicted molar refractivity (Wildman–Crippen MR) is 65.7 cm³/mol. The van der Waals surface area contributed by atoms with Crippen molar-refractivity contribution in [2.45, 2.75) is 13.8 Å². The molecule has 0 aliphatic heterocycles. The lowest BCUT2D eigenvalue weighted by Crippen LogP contribution is -1.95. The Balaban J connectivity index is 2.28. The van der Waals surface area contributed by atoms with Crippen LogP contribution in [0.5, 0.6) is 0 Å². The van der Waals surface area contributed by atoms with Gasteiger partial charge in [0.1, 0.15) is 0 Å². The van der Waals surface area contributed by atoms with Crippen molar-refractivity contribution < 1.29 is 0 Å². The van der Waals surface area contributed by atoms with Gasteiger partial charge in [0.25, 0.3) is 0 Å². The van der Waals surface area contributed by atoms with E-state index in [1.807, 2.05) is 25.1 Å². The molecule has 0 bridgehead atoms. The van der Waals surface area contributed by atoms with Crippen LogP contribution < -0.4 is 0 Å². The van der Waals surface area contributed by atoms with E-state index in [1.165, 1.54) is 5.56 Å². The summed E-state index contributed by atoms with van der Waals surface area (Å²) in [7, 11) is 0. The Hall–Kier alpha value is -2.23. The molecule has 1 aromatic carbocycles. The van der Waals surface area contributed by atoms with Crippen LogP contribution in [0.4, 0.5) is 0 Å². The van der Waals surface area contributed by atoms with Gasteiger partial charge in [-0.3, -0.25) is 0 Å². The molecule has 84 valence electrons. The minimum absolute atomic E-state index is 0.785. The summed E-state index contributed by atoms with van der Waals surface area (Å²) < 4.78 is 1.78. The maximum atomic E-state index is 4.30. The Morgan fingerprint density at radius 1 is 1.06 bits per heavy atom. The summed E-state index contributed by atoms with van der Waals surface area (Å²) in [6.45, 7) is 4.07. The van der Waals surface area contributed by atoms with Crippen molar-refractivity contribution in [3.8, 4) is 11.4 Å². The van der Waals surface area contributed by atoms with Gasteiger partial charge < -0.3 is 0 Å². The van der Waals surface area contributed by atoms with Crippen molar-refractivity contribution in [2.24, 2.45) is 0 Å². The molecule has 0 radical (unpaired) electrons. The largest absolute Gasteiger partial charge is 0.193 e. The normalized spacial score (nSPS) is 10.9. The first-order valence-corrected chi connectivity index (χ1v) is 5.50. The Morgan fingerprint density at radius 3 is 2.76 bits per heavy atom. The molecule has 17 heavy (non-hydrogen) atoms. The van der Waals surface area contributed by atoms with Crippen molar-refractivity contribution in [3.05, 3.63) is 47.7 Å². The Bertz CT molecular complexity index is 685. The van der Waals surface area contributed by atoms with E-state index in [1.54, 1.807) is 10.7 Å². The van der Waals surface area contributed by atoms with Crippen molar-refractivity contribution in [1.29, 1.82) is 0 Å².